The summed E-state index contributed by atoms with van der Waals surface area (Å²) < 4.78 is 22.5. The lowest BCUT2D eigenvalue weighted by molar-refractivity contribution is -0.0209. The number of benzene rings is 3. The summed E-state index contributed by atoms with van der Waals surface area (Å²) in [5.74, 6) is 1.86. The van der Waals surface area contributed by atoms with Crippen molar-refractivity contribution in [2.45, 2.75) is 25.6 Å². The van der Waals surface area contributed by atoms with Crippen molar-refractivity contribution < 1.29 is 23.7 Å². The van der Waals surface area contributed by atoms with Crippen LogP contribution in [0.3, 0.4) is 0 Å². The first-order chi connectivity index (χ1) is 16.6. The minimum absolute atomic E-state index is 0.00861. The molecular formula is C27H26N2O5. The first kappa shape index (κ1) is 21.8. The van der Waals surface area contributed by atoms with E-state index in [1.807, 2.05) is 60.5 Å². The molecular weight excluding hydrogens is 432 g/mol. The molecule has 0 spiro atoms. The van der Waals surface area contributed by atoms with E-state index in [1.54, 1.807) is 19.2 Å². The van der Waals surface area contributed by atoms with Gasteiger partial charge in [-0.1, -0.05) is 24.3 Å². The van der Waals surface area contributed by atoms with Gasteiger partial charge < -0.3 is 18.9 Å². The highest BCUT2D eigenvalue weighted by Crippen LogP contribution is 2.50. The number of fused-ring (bicyclic) bond motifs is 3. The average molecular weight is 459 g/mol. The summed E-state index contributed by atoms with van der Waals surface area (Å²) in [6.45, 7) is 2.60. The van der Waals surface area contributed by atoms with Crippen LogP contribution in [0.1, 0.15) is 52.7 Å². The van der Waals surface area contributed by atoms with Gasteiger partial charge in [0.1, 0.15) is 5.75 Å². The van der Waals surface area contributed by atoms with Crippen molar-refractivity contribution in [3.63, 3.8) is 0 Å². The van der Waals surface area contributed by atoms with Crippen LogP contribution in [0.5, 0.6) is 17.2 Å². The van der Waals surface area contributed by atoms with E-state index in [4.69, 9.17) is 24.0 Å². The topological polar surface area (TPSA) is 69.6 Å². The summed E-state index contributed by atoms with van der Waals surface area (Å²) in [7, 11) is 3.01. The number of para-hydroxylation sites is 1. The molecule has 0 bridgehead atoms. The molecule has 0 fully saturated rings. The van der Waals surface area contributed by atoms with E-state index in [9.17, 15) is 4.79 Å². The number of hydrogen-bond acceptors (Lipinski definition) is 7. The van der Waals surface area contributed by atoms with Crippen LogP contribution in [0.25, 0.3) is 0 Å². The highest BCUT2D eigenvalue weighted by Gasteiger charge is 2.42. The molecule has 2 unspecified atom stereocenters. The van der Waals surface area contributed by atoms with Gasteiger partial charge in [0, 0.05) is 17.5 Å². The Morgan fingerprint density at radius 1 is 1.06 bits per heavy atom. The monoisotopic (exact) mass is 458 g/mol. The van der Waals surface area contributed by atoms with E-state index in [-0.39, 0.29) is 12.0 Å². The standard InChI is InChI=1S/C27H26N2O5/c1-4-33-20-14-12-17(13-15-20)22-16-23-21-6-5-7-24(31-2)25(21)34-26(29(23)28-22)18-8-10-19(11-9-18)27(30)32-3/h5-15,23,26H,4,16H2,1-3H3. The molecule has 7 heteroatoms. The van der Waals surface area contributed by atoms with Crippen LogP contribution in [0.2, 0.25) is 0 Å². The van der Waals surface area contributed by atoms with E-state index >= 15 is 0 Å². The van der Waals surface area contributed by atoms with Crippen LogP contribution in [0.15, 0.2) is 71.8 Å². The van der Waals surface area contributed by atoms with Gasteiger partial charge in [-0.15, -0.1) is 0 Å². The zero-order valence-corrected chi connectivity index (χ0v) is 19.4. The smallest absolute Gasteiger partial charge is 0.337 e. The van der Waals surface area contributed by atoms with Crippen molar-refractivity contribution in [3.05, 3.63) is 89.0 Å². The second kappa shape index (κ2) is 9.09. The fourth-order valence-corrected chi connectivity index (χ4v) is 4.45. The van der Waals surface area contributed by atoms with E-state index in [1.165, 1.54) is 7.11 Å². The lowest BCUT2D eigenvalue weighted by atomic mass is 9.95. The van der Waals surface area contributed by atoms with Gasteiger partial charge in [-0.3, -0.25) is 0 Å². The molecule has 0 radical (unpaired) electrons. The SMILES string of the molecule is CCOc1ccc(C2=NN3C(C2)c2cccc(OC)c2OC3c2ccc(C(=O)OC)cc2)cc1. The number of carbonyl (C=O) groups is 1. The lowest BCUT2D eigenvalue weighted by Crippen LogP contribution is -2.33. The molecule has 34 heavy (non-hydrogen) atoms. The summed E-state index contributed by atoms with van der Waals surface area (Å²) >= 11 is 0. The van der Waals surface area contributed by atoms with Crippen LogP contribution in [0, 0.1) is 0 Å². The Kier molecular flexibility index (Phi) is 5.84. The van der Waals surface area contributed by atoms with E-state index in [2.05, 4.69) is 6.07 Å². The number of methoxy groups -OCH3 is 2. The molecule has 0 saturated heterocycles. The van der Waals surface area contributed by atoms with Crippen molar-refractivity contribution in [2.75, 3.05) is 20.8 Å². The van der Waals surface area contributed by atoms with E-state index in [0.717, 1.165) is 40.3 Å². The summed E-state index contributed by atoms with van der Waals surface area (Å²) in [6, 6.07) is 21.2. The van der Waals surface area contributed by atoms with E-state index < -0.39 is 6.23 Å². The minimum Gasteiger partial charge on any atom is -0.494 e. The number of ether oxygens (including phenoxy) is 4. The first-order valence-electron chi connectivity index (χ1n) is 11.2. The van der Waals surface area contributed by atoms with Gasteiger partial charge in [0.2, 0.25) is 6.23 Å². The Morgan fingerprint density at radius 2 is 1.82 bits per heavy atom. The van der Waals surface area contributed by atoms with Crippen LogP contribution < -0.4 is 14.2 Å². The highest BCUT2D eigenvalue weighted by atomic mass is 16.5. The predicted octanol–water partition coefficient (Wildman–Crippen LogP) is 5.12. The zero-order valence-electron chi connectivity index (χ0n) is 19.4. The van der Waals surface area contributed by atoms with Gasteiger partial charge >= 0.3 is 5.97 Å². The van der Waals surface area contributed by atoms with Crippen molar-refractivity contribution in [1.29, 1.82) is 0 Å². The van der Waals surface area contributed by atoms with Crippen molar-refractivity contribution >= 4 is 11.7 Å². The molecule has 5 rings (SSSR count). The van der Waals surface area contributed by atoms with Crippen LogP contribution in [-0.2, 0) is 4.74 Å². The second-order valence-corrected chi connectivity index (χ2v) is 8.07. The molecule has 2 atom stereocenters. The Morgan fingerprint density at radius 3 is 2.50 bits per heavy atom. The lowest BCUT2D eigenvalue weighted by Gasteiger charge is -2.38. The quantitative estimate of drug-likeness (QED) is 0.478. The molecule has 0 saturated carbocycles. The maximum atomic E-state index is 11.9. The summed E-state index contributed by atoms with van der Waals surface area (Å²) in [5, 5.41) is 6.99. The van der Waals surface area contributed by atoms with Crippen LogP contribution in [-0.4, -0.2) is 37.5 Å². The van der Waals surface area contributed by atoms with Crippen LogP contribution in [0.4, 0.5) is 0 Å². The van der Waals surface area contributed by atoms with Gasteiger partial charge in [-0.05, 0) is 55.0 Å². The van der Waals surface area contributed by atoms with Crippen molar-refractivity contribution in [3.8, 4) is 17.2 Å². The maximum absolute atomic E-state index is 11.9. The Balaban J connectivity index is 1.54. The molecule has 3 aromatic rings. The van der Waals surface area contributed by atoms with Gasteiger partial charge in [-0.2, -0.15) is 5.10 Å². The molecule has 2 aliphatic rings. The summed E-state index contributed by atoms with van der Waals surface area (Å²) in [4.78, 5) is 11.9. The number of carbonyl (C=O) groups excluding carboxylic acids is 1. The highest BCUT2D eigenvalue weighted by molar-refractivity contribution is 6.02. The number of hydrogen-bond donors (Lipinski definition) is 0. The fourth-order valence-electron chi connectivity index (χ4n) is 4.45. The molecule has 7 nitrogen and oxygen atoms in total. The van der Waals surface area contributed by atoms with Gasteiger partial charge in [0.05, 0.1) is 38.1 Å². The normalized spacial score (nSPS) is 18.3. The van der Waals surface area contributed by atoms with Crippen molar-refractivity contribution in [1.82, 2.24) is 5.01 Å². The second-order valence-electron chi connectivity index (χ2n) is 8.07. The number of hydrazone groups is 1. The molecule has 174 valence electrons. The molecule has 3 aromatic carbocycles. The third kappa shape index (κ3) is 3.83. The van der Waals surface area contributed by atoms with Gasteiger partial charge in [-0.25, -0.2) is 9.80 Å². The summed E-state index contributed by atoms with van der Waals surface area (Å²) in [5.41, 5.74) is 4.42. The number of esters is 1. The molecule has 2 aliphatic heterocycles. The van der Waals surface area contributed by atoms with E-state index in [0.29, 0.717) is 17.9 Å². The molecule has 0 aromatic heterocycles. The van der Waals surface area contributed by atoms with Gasteiger partial charge in [0.25, 0.3) is 0 Å². The number of rotatable bonds is 6. The van der Waals surface area contributed by atoms with Crippen LogP contribution >= 0.6 is 0 Å². The minimum atomic E-state index is -0.472. The third-order valence-corrected chi connectivity index (χ3v) is 6.12. The Labute approximate surface area is 198 Å². The maximum Gasteiger partial charge on any atom is 0.337 e. The fraction of sp³-hybridized carbons (Fsp3) is 0.259. The predicted molar refractivity (Wildman–Crippen MR) is 127 cm³/mol. The Hall–Kier alpha value is -4.00. The molecule has 0 amide bonds. The molecule has 2 heterocycles. The van der Waals surface area contributed by atoms with Gasteiger partial charge in [0.15, 0.2) is 11.5 Å². The largest absolute Gasteiger partial charge is 0.494 e. The molecule has 0 N–H and O–H groups in total. The van der Waals surface area contributed by atoms with Crippen molar-refractivity contribution in [2.24, 2.45) is 5.10 Å². The third-order valence-electron chi connectivity index (χ3n) is 6.12. The average Bonchev–Trinajstić information content (AvgIpc) is 3.34. The number of nitrogens with zero attached hydrogens (tertiary/aromatic N) is 2. The first-order valence-corrected chi connectivity index (χ1v) is 11.2. The molecule has 0 aliphatic carbocycles. The summed E-state index contributed by atoms with van der Waals surface area (Å²) in [6.07, 6.45) is 0.259. The Bertz CT molecular complexity index is 1220. The zero-order chi connectivity index (χ0) is 23.7.